The fraction of sp³-hybridized carbons (Fsp3) is 0.667. The molecule has 1 N–H and O–H groups in total. The van der Waals surface area contributed by atoms with Crippen LogP contribution in [0.1, 0.15) is 51.3 Å². The van der Waals surface area contributed by atoms with Gasteiger partial charge in [0.15, 0.2) is 0 Å². The molecule has 1 aromatic rings. The molecule has 2 unspecified atom stereocenters. The van der Waals surface area contributed by atoms with Crippen molar-refractivity contribution in [2.24, 2.45) is 5.92 Å². The summed E-state index contributed by atoms with van der Waals surface area (Å²) >= 11 is 0. The van der Waals surface area contributed by atoms with E-state index in [1.807, 2.05) is 0 Å². The van der Waals surface area contributed by atoms with Gasteiger partial charge in [-0.2, -0.15) is 0 Å². The molecular formula is C18H32N2. The van der Waals surface area contributed by atoms with E-state index in [0.29, 0.717) is 18.0 Å². The summed E-state index contributed by atoms with van der Waals surface area (Å²) in [7, 11) is 2.24. The topological polar surface area (TPSA) is 15.3 Å². The van der Waals surface area contributed by atoms with Crippen LogP contribution in [0.5, 0.6) is 0 Å². The Labute approximate surface area is 125 Å². The maximum Gasteiger partial charge on any atom is 0.0475 e. The number of nitrogens with one attached hydrogen (secondary N) is 1. The Morgan fingerprint density at radius 3 is 2.20 bits per heavy atom. The zero-order valence-electron chi connectivity index (χ0n) is 14.1. The van der Waals surface area contributed by atoms with Gasteiger partial charge >= 0.3 is 0 Å². The Morgan fingerprint density at radius 2 is 1.70 bits per heavy atom. The van der Waals surface area contributed by atoms with E-state index in [9.17, 15) is 0 Å². The first-order valence-corrected chi connectivity index (χ1v) is 7.95. The van der Waals surface area contributed by atoms with Gasteiger partial charge in [0.1, 0.15) is 0 Å². The van der Waals surface area contributed by atoms with Crippen molar-refractivity contribution in [3.05, 3.63) is 35.4 Å². The third-order valence-electron chi connectivity index (χ3n) is 3.88. The fourth-order valence-electron chi connectivity index (χ4n) is 2.64. The zero-order valence-corrected chi connectivity index (χ0v) is 14.1. The number of hydrogen-bond acceptors (Lipinski definition) is 2. The third-order valence-corrected chi connectivity index (χ3v) is 3.88. The molecule has 0 amide bonds. The van der Waals surface area contributed by atoms with Gasteiger partial charge in [-0.25, -0.2) is 0 Å². The van der Waals surface area contributed by atoms with Crippen LogP contribution in [0.2, 0.25) is 0 Å². The Bertz CT molecular complexity index is 370. The smallest absolute Gasteiger partial charge is 0.0475 e. The van der Waals surface area contributed by atoms with Crippen LogP contribution in [0.3, 0.4) is 0 Å². The van der Waals surface area contributed by atoms with Gasteiger partial charge in [0.2, 0.25) is 0 Å². The predicted octanol–water partition coefficient (Wildman–Crippen LogP) is 4.01. The first kappa shape index (κ1) is 17.2. The molecule has 0 aromatic heterocycles. The normalized spacial score (nSPS) is 14.8. The standard InChI is InChI=1S/C18H32N2/c1-7-12-19-18(16(5)20(6)13-14(2)3)17-10-8-15(4)9-11-17/h8-11,14,16,18-19H,7,12-13H2,1-6H3. The van der Waals surface area contributed by atoms with Gasteiger partial charge in [0, 0.05) is 18.6 Å². The molecule has 2 heteroatoms. The minimum atomic E-state index is 0.402. The highest BCUT2D eigenvalue weighted by molar-refractivity contribution is 5.25. The second-order valence-electron chi connectivity index (χ2n) is 6.42. The van der Waals surface area contributed by atoms with Crippen LogP contribution in [0.15, 0.2) is 24.3 Å². The fourth-order valence-corrected chi connectivity index (χ4v) is 2.64. The zero-order chi connectivity index (χ0) is 15.1. The molecule has 0 aliphatic rings. The summed E-state index contributed by atoms with van der Waals surface area (Å²) in [4.78, 5) is 2.47. The molecule has 0 fully saturated rings. The first-order valence-electron chi connectivity index (χ1n) is 7.95. The van der Waals surface area contributed by atoms with E-state index in [-0.39, 0.29) is 0 Å². The quantitative estimate of drug-likeness (QED) is 0.771. The lowest BCUT2D eigenvalue weighted by atomic mass is 9.97. The van der Waals surface area contributed by atoms with Crippen LogP contribution >= 0.6 is 0 Å². The molecule has 2 nitrogen and oxygen atoms in total. The SMILES string of the molecule is CCCNC(c1ccc(C)cc1)C(C)N(C)CC(C)C. The molecule has 114 valence electrons. The monoisotopic (exact) mass is 276 g/mol. The summed E-state index contributed by atoms with van der Waals surface area (Å²) in [5.74, 6) is 0.701. The van der Waals surface area contributed by atoms with E-state index in [1.165, 1.54) is 17.5 Å². The van der Waals surface area contributed by atoms with Gasteiger partial charge in [-0.1, -0.05) is 50.6 Å². The van der Waals surface area contributed by atoms with Crippen LogP contribution in [0.4, 0.5) is 0 Å². The number of hydrogen-bond donors (Lipinski definition) is 1. The molecule has 0 spiro atoms. The highest BCUT2D eigenvalue weighted by Gasteiger charge is 2.22. The molecule has 0 bridgehead atoms. The van der Waals surface area contributed by atoms with E-state index < -0.39 is 0 Å². The summed E-state index contributed by atoms with van der Waals surface area (Å²) in [5, 5.41) is 3.72. The maximum absolute atomic E-state index is 3.72. The van der Waals surface area contributed by atoms with E-state index in [4.69, 9.17) is 0 Å². The van der Waals surface area contributed by atoms with Gasteiger partial charge in [-0.15, -0.1) is 0 Å². The molecule has 0 aliphatic heterocycles. The van der Waals surface area contributed by atoms with Crippen molar-refractivity contribution in [2.45, 2.75) is 53.1 Å². The summed E-state index contributed by atoms with van der Waals surface area (Å²) in [6, 6.07) is 9.85. The van der Waals surface area contributed by atoms with Crippen molar-refractivity contribution < 1.29 is 0 Å². The van der Waals surface area contributed by atoms with Crippen molar-refractivity contribution >= 4 is 0 Å². The minimum absolute atomic E-state index is 0.402. The molecule has 0 aliphatic carbocycles. The number of benzene rings is 1. The molecule has 20 heavy (non-hydrogen) atoms. The number of aryl methyl sites for hydroxylation is 1. The van der Waals surface area contributed by atoms with E-state index >= 15 is 0 Å². The molecule has 0 saturated heterocycles. The summed E-state index contributed by atoms with van der Waals surface area (Å²) in [6.07, 6.45) is 1.17. The highest BCUT2D eigenvalue weighted by atomic mass is 15.2. The van der Waals surface area contributed by atoms with Crippen LogP contribution in [0, 0.1) is 12.8 Å². The third kappa shape index (κ3) is 5.26. The van der Waals surface area contributed by atoms with Crippen LogP contribution in [-0.2, 0) is 0 Å². The predicted molar refractivity (Wildman–Crippen MR) is 89.1 cm³/mol. The Hall–Kier alpha value is -0.860. The van der Waals surface area contributed by atoms with Crippen molar-refractivity contribution in [2.75, 3.05) is 20.1 Å². The van der Waals surface area contributed by atoms with Crippen molar-refractivity contribution in [3.8, 4) is 0 Å². The number of likely N-dealkylation sites (N-methyl/N-ethyl adjacent to an activating group) is 1. The number of nitrogens with zero attached hydrogens (tertiary/aromatic N) is 1. The maximum atomic E-state index is 3.72. The van der Waals surface area contributed by atoms with E-state index in [2.05, 4.69) is 76.1 Å². The van der Waals surface area contributed by atoms with Gasteiger partial charge < -0.3 is 10.2 Å². The van der Waals surface area contributed by atoms with Gasteiger partial charge in [-0.3, -0.25) is 0 Å². The molecule has 2 atom stereocenters. The highest BCUT2D eigenvalue weighted by Crippen LogP contribution is 2.21. The summed E-state index contributed by atoms with van der Waals surface area (Å²) in [6.45, 7) is 13.5. The van der Waals surface area contributed by atoms with Crippen molar-refractivity contribution in [1.29, 1.82) is 0 Å². The lowest BCUT2D eigenvalue weighted by Crippen LogP contribution is -2.42. The lowest BCUT2D eigenvalue weighted by molar-refractivity contribution is 0.187. The Balaban J connectivity index is 2.84. The van der Waals surface area contributed by atoms with E-state index in [1.54, 1.807) is 0 Å². The van der Waals surface area contributed by atoms with E-state index in [0.717, 1.165) is 13.1 Å². The lowest BCUT2D eigenvalue weighted by Gasteiger charge is -2.34. The summed E-state index contributed by atoms with van der Waals surface area (Å²) in [5.41, 5.74) is 2.72. The molecule has 0 heterocycles. The molecule has 1 rings (SSSR count). The number of rotatable bonds is 8. The van der Waals surface area contributed by atoms with Crippen LogP contribution in [0.25, 0.3) is 0 Å². The van der Waals surface area contributed by atoms with Crippen LogP contribution < -0.4 is 5.32 Å². The van der Waals surface area contributed by atoms with Crippen molar-refractivity contribution in [1.82, 2.24) is 10.2 Å². The largest absolute Gasteiger partial charge is 0.309 e. The van der Waals surface area contributed by atoms with Gasteiger partial charge in [0.05, 0.1) is 0 Å². The van der Waals surface area contributed by atoms with Crippen LogP contribution in [-0.4, -0.2) is 31.1 Å². The minimum Gasteiger partial charge on any atom is -0.309 e. The second-order valence-corrected chi connectivity index (χ2v) is 6.42. The molecular weight excluding hydrogens is 244 g/mol. The Morgan fingerprint density at radius 1 is 1.10 bits per heavy atom. The average molecular weight is 276 g/mol. The van der Waals surface area contributed by atoms with Crippen molar-refractivity contribution in [3.63, 3.8) is 0 Å². The Kier molecular flexibility index (Phi) is 7.25. The molecule has 0 saturated carbocycles. The molecule has 0 radical (unpaired) electrons. The van der Waals surface area contributed by atoms with Gasteiger partial charge in [-0.05, 0) is 45.3 Å². The van der Waals surface area contributed by atoms with Gasteiger partial charge in [0.25, 0.3) is 0 Å². The summed E-state index contributed by atoms with van der Waals surface area (Å²) < 4.78 is 0. The average Bonchev–Trinajstić information content (AvgIpc) is 2.40. The molecule has 1 aromatic carbocycles. The first-order chi connectivity index (χ1) is 9.45. The second kappa shape index (κ2) is 8.43.